The van der Waals surface area contributed by atoms with Crippen LogP contribution in [-0.4, -0.2) is 21.7 Å². The minimum atomic E-state index is -0.398. The van der Waals surface area contributed by atoms with Crippen molar-refractivity contribution in [2.24, 2.45) is 0 Å². The molecule has 58 valence electrons. The number of aromatic nitrogens is 3. The molecule has 0 fully saturated rings. The zero-order chi connectivity index (χ0) is 8.10. The van der Waals surface area contributed by atoms with Crippen molar-refractivity contribution in [2.45, 2.75) is 13.0 Å². The van der Waals surface area contributed by atoms with Gasteiger partial charge in [0.05, 0.1) is 12.9 Å². The van der Waals surface area contributed by atoms with Crippen LogP contribution in [0.15, 0.2) is 6.20 Å². The Balaban J connectivity index is 2.63. The minimum Gasteiger partial charge on any atom is -0.251 e. The highest BCUT2D eigenvalue weighted by atomic mass is 19.1. The van der Waals surface area contributed by atoms with Crippen LogP contribution < -0.4 is 0 Å². The van der Waals surface area contributed by atoms with Gasteiger partial charge in [-0.1, -0.05) is 5.21 Å². The molecule has 0 aromatic carbocycles. The molecule has 0 amide bonds. The Bertz CT molecular complexity index is 262. The van der Waals surface area contributed by atoms with Gasteiger partial charge in [-0.2, -0.15) is 5.26 Å². The summed E-state index contributed by atoms with van der Waals surface area (Å²) < 4.78 is 13.1. The smallest absolute Gasteiger partial charge is 0.158 e. The van der Waals surface area contributed by atoms with E-state index in [4.69, 9.17) is 5.26 Å². The minimum absolute atomic E-state index is 0.373. The standard InChI is InChI=1S/C6H7FN4/c7-2-1-3-11-6(4-8)5-9-10-11/h5H,1-3H2. The lowest BCUT2D eigenvalue weighted by Gasteiger charge is -1.96. The summed E-state index contributed by atoms with van der Waals surface area (Å²) in [6, 6.07) is 1.90. The Kier molecular flexibility index (Phi) is 2.55. The highest BCUT2D eigenvalue weighted by molar-refractivity contribution is 5.14. The maximum atomic E-state index is 11.7. The molecule has 1 heterocycles. The first-order chi connectivity index (χ1) is 5.38. The van der Waals surface area contributed by atoms with E-state index in [-0.39, 0.29) is 0 Å². The van der Waals surface area contributed by atoms with Crippen molar-refractivity contribution < 1.29 is 4.39 Å². The Morgan fingerprint density at radius 1 is 1.73 bits per heavy atom. The lowest BCUT2D eigenvalue weighted by molar-refractivity contribution is 0.430. The summed E-state index contributed by atoms with van der Waals surface area (Å²) in [6.45, 7) is 0.0180. The topological polar surface area (TPSA) is 54.5 Å². The lowest BCUT2D eigenvalue weighted by atomic mass is 10.4. The molecule has 0 saturated heterocycles. The van der Waals surface area contributed by atoms with E-state index in [0.29, 0.717) is 18.7 Å². The monoisotopic (exact) mass is 154 g/mol. The van der Waals surface area contributed by atoms with Crippen molar-refractivity contribution in [2.75, 3.05) is 6.67 Å². The van der Waals surface area contributed by atoms with Gasteiger partial charge in [-0.05, 0) is 6.42 Å². The molecule has 4 nitrogen and oxygen atoms in total. The van der Waals surface area contributed by atoms with Crippen molar-refractivity contribution in [1.82, 2.24) is 15.0 Å². The van der Waals surface area contributed by atoms with Gasteiger partial charge < -0.3 is 0 Å². The second-order valence-corrected chi connectivity index (χ2v) is 2.00. The SMILES string of the molecule is N#Cc1cnnn1CCCF. The summed E-state index contributed by atoms with van der Waals surface area (Å²) in [5.74, 6) is 0. The first-order valence-corrected chi connectivity index (χ1v) is 3.23. The lowest BCUT2D eigenvalue weighted by Crippen LogP contribution is -2.03. The third-order valence-corrected chi connectivity index (χ3v) is 1.24. The van der Waals surface area contributed by atoms with Crippen molar-refractivity contribution in [3.05, 3.63) is 11.9 Å². The highest BCUT2D eigenvalue weighted by Crippen LogP contribution is 1.95. The second kappa shape index (κ2) is 3.66. The maximum absolute atomic E-state index is 11.7. The summed E-state index contributed by atoms with van der Waals surface area (Å²) in [5, 5.41) is 15.6. The van der Waals surface area contributed by atoms with E-state index in [0.717, 1.165) is 0 Å². The molecule has 1 aromatic heterocycles. The molecule has 0 N–H and O–H groups in total. The first kappa shape index (κ1) is 7.66. The van der Waals surface area contributed by atoms with Gasteiger partial charge in [0.25, 0.3) is 0 Å². The molecule has 0 atom stereocenters. The van der Waals surface area contributed by atoms with Gasteiger partial charge in [-0.25, -0.2) is 4.68 Å². The van der Waals surface area contributed by atoms with Crippen LogP contribution in [-0.2, 0) is 6.54 Å². The molecule has 1 aromatic rings. The first-order valence-electron chi connectivity index (χ1n) is 3.23. The number of nitriles is 1. The zero-order valence-corrected chi connectivity index (χ0v) is 5.87. The fourth-order valence-electron chi connectivity index (χ4n) is 0.719. The van der Waals surface area contributed by atoms with Crippen molar-refractivity contribution in [3.63, 3.8) is 0 Å². The van der Waals surface area contributed by atoms with Crippen LogP contribution in [0.25, 0.3) is 0 Å². The van der Waals surface area contributed by atoms with Crippen molar-refractivity contribution in [1.29, 1.82) is 5.26 Å². The summed E-state index contributed by atoms with van der Waals surface area (Å²) in [6.07, 6.45) is 1.73. The van der Waals surface area contributed by atoms with Gasteiger partial charge in [0, 0.05) is 6.54 Å². The molecular weight excluding hydrogens is 147 g/mol. The second-order valence-electron chi connectivity index (χ2n) is 2.00. The molecule has 0 bridgehead atoms. The Morgan fingerprint density at radius 2 is 2.55 bits per heavy atom. The van der Waals surface area contributed by atoms with Gasteiger partial charge >= 0.3 is 0 Å². The maximum Gasteiger partial charge on any atom is 0.158 e. The Labute approximate surface area is 63.2 Å². The predicted octanol–water partition coefficient (Wildman–Crippen LogP) is 0.509. The molecule has 5 heteroatoms. The summed E-state index contributed by atoms with van der Waals surface area (Å²) in [4.78, 5) is 0. The van der Waals surface area contributed by atoms with E-state index in [1.165, 1.54) is 10.9 Å². The fraction of sp³-hybridized carbons (Fsp3) is 0.500. The average molecular weight is 154 g/mol. The molecule has 0 unspecified atom stereocenters. The normalized spacial score (nSPS) is 9.45. The number of halogens is 1. The highest BCUT2D eigenvalue weighted by Gasteiger charge is 2.00. The molecule has 0 spiro atoms. The largest absolute Gasteiger partial charge is 0.251 e. The van der Waals surface area contributed by atoms with Gasteiger partial charge in [0.15, 0.2) is 5.69 Å². The number of nitrogens with zero attached hydrogens (tertiary/aromatic N) is 4. The van der Waals surface area contributed by atoms with Crippen LogP contribution >= 0.6 is 0 Å². The Hall–Kier alpha value is -1.44. The van der Waals surface area contributed by atoms with E-state index in [2.05, 4.69) is 10.3 Å². The molecule has 0 aliphatic rings. The third-order valence-electron chi connectivity index (χ3n) is 1.24. The number of alkyl halides is 1. The van der Waals surface area contributed by atoms with E-state index < -0.39 is 6.67 Å². The van der Waals surface area contributed by atoms with Crippen LogP contribution in [0.4, 0.5) is 4.39 Å². The molecule has 0 aliphatic heterocycles. The van der Waals surface area contributed by atoms with E-state index in [1.54, 1.807) is 0 Å². The molecule has 11 heavy (non-hydrogen) atoms. The van der Waals surface area contributed by atoms with Crippen LogP contribution in [0.1, 0.15) is 12.1 Å². The zero-order valence-electron chi connectivity index (χ0n) is 5.87. The molecule has 0 aliphatic carbocycles. The number of hydrogen-bond donors (Lipinski definition) is 0. The third kappa shape index (κ3) is 1.74. The van der Waals surface area contributed by atoms with Gasteiger partial charge in [-0.15, -0.1) is 5.10 Å². The number of rotatable bonds is 3. The summed E-state index contributed by atoms with van der Waals surface area (Å²) in [5.41, 5.74) is 0.374. The fourth-order valence-corrected chi connectivity index (χ4v) is 0.719. The van der Waals surface area contributed by atoms with E-state index in [1.807, 2.05) is 6.07 Å². The van der Waals surface area contributed by atoms with Crippen LogP contribution in [0.3, 0.4) is 0 Å². The number of aryl methyl sites for hydroxylation is 1. The van der Waals surface area contributed by atoms with Crippen LogP contribution in [0.2, 0.25) is 0 Å². The quantitative estimate of drug-likeness (QED) is 0.637. The van der Waals surface area contributed by atoms with Gasteiger partial charge in [0.1, 0.15) is 6.07 Å². The van der Waals surface area contributed by atoms with E-state index in [9.17, 15) is 4.39 Å². The molecule has 0 saturated carbocycles. The van der Waals surface area contributed by atoms with Gasteiger partial charge in [0.2, 0.25) is 0 Å². The Morgan fingerprint density at radius 3 is 3.18 bits per heavy atom. The average Bonchev–Trinajstić information content (AvgIpc) is 2.47. The van der Waals surface area contributed by atoms with Crippen LogP contribution in [0, 0.1) is 11.3 Å². The summed E-state index contributed by atoms with van der Waals surface area (Å²) >= 11 is 0. The van der Waals surface area contributed by atoms with Crippen LogP contribution in [0.5, 0.6) is 0 Å². The van der Waals surface area contributed by atoms with Crippen molar-refractivity contribution >= 4 is 0 Å². The van der Waals surface area contributed by atoms with Gasteiger partial charge in [-0.3, -0.25) is 4.39 Å². The molecule has 0 radical (unpaired) electrons. The predicted molar refractivity (Wildman–Crippen MR) is 35.3 cm³/mol. The number of hydrogen-bond acceptors (Lipinski definition) is 3. The summed E-state index contributed by atoms with van der Waals surface area (Å²) in [7, 11) is 0. The molecular formula is C6H7FN4. The molecule has 1 rings (SSSR count). The van der Waals surface area contributed by atoms with E-state index >= 15 is 0 Å². The van der Waals surface area contributed by atoms with Crippen molar-refractivity contribution in [3.8, 4) is 6.07 Å².